The Balaban J connectivity index is 2.41. The van der Waals surface area contributed by atoms with Gasteiger partial charge in [-0.3, -0.25) is 0 Å². The zero-order valence-electron chi connectivity index (χ0n) is 12.0. The Morgan fingerprint density at radius 1 is 1.11 bits per heavy atom. The highest BCUT2D eigenvalue weighted by atomic mass is 19.2. The summed E-state index contributed by atoms with van der Waals surface area (Å²) in [5.74, 6) is -1.45. The molecule has 1 atom stereocenters. The lowest BCUT2D eigenvalue weighted by molar-refractivity contribution is 0.458. The van der Waals surface area contributed by atoms with Gasteiger partial charge in [0.15, 0.2) is 11.6 Å². The van der Waals surface area contributed by atoms with E-state index in [2.05, 4.69) is 12.2 Å². The summed E-state index contributed by atoms with van der Waals surface area (Å²) in [6.07, 6.45) is 7.71. The molecule has 1 N–H and O–H groups in total. The summed E-state index contributed by atoms with van der Waals surface area (Å²) >= 11 is 0. The second-order valence-corrected chi connectivity index (χ2v) is 5.11. The average Bonchev–Trinajstić information content (AvgIpc) is 2.42. The summed E-state index contributed by atoms with van der Waals surface area (Å²) in [7, 11) is 1.88. The Hall–Kier alpha value is -0.960. The predicted octanol–water partition coefficient (Wildman–Crippen LogP) is 4.46. The molecule has 0 saturated carbocycles. The molecule has 1 aromatic carbocycles. The lowest BCUT2D eigenvalue weighted by Crippen LogP contribution is -2.28. The van der Waals surface area contributed by atoms with E-state index in [0.717, 1.165) is 18.9 Å². The minimum atomic E-state index is -0.754. The molecule has 0 radical (unpaired) electrons. The monoisotopic (exact) mass is 269 g/mol. The van der Waals surface area contributed by atoms with Crippen molar-refractivity contribution in [1.29, 1.82) is 0 Å². The van der Waals surface area contributed by atoms with E-state index in [1.54, 1.807) is 12.1 Å². The van der Waals surface area contributed by atoms with Crippen molar-refractivity contribution in [2.24, 2.45) is 0 Å². The van der Waals surface area contributed by atoms with Crippen molar-refractivity contribution >= 4 is 0 Å². The van der Waals surface area contributed by atoms with Crippen LogP contribution < -0.4 is 5.32 Å². The van der Waals surface area contributed by atoms with Crippen molar-refractivity contribution in [3.05, 3.63) is 35.4 Å². The largest absolute Gasteiger partial charge is 0.317 e. The zero-order chi connectivity index (χ0) is 14.1. The van der Waals surface area contributed by atoms with E-state index in [1.807, 2.05) is 7.05 Å². The average molecular weight is 269 g/mol. The fourth-order valence-corrected chi connectivity index (χ4v) is 2.31. The number of unbranched alkanes of at least 4 members (excludes halogenated alkanes) is 4. The Bertz CT molecular complexity index is 366. The molecule has 0 bridgehead atoms. The second kappa shape index (κ2) is 9.03. The van der Waals surface area contributed by atoms with Crippen molar-refractivity contribution in [2.45, 2.75) is 57.9 Å². The standard InChI is InChI=1S/C16H25F2N/c1-3-4-5-6-7-10-14(19-2)12-13-9-8-11-15(17)16(13)18/h8-9,11,14,19H,3-7,10,12H2,1-2H3. The summed E-state index contributed by atoms with van der Waals surface area (Å²) < 4.78 is 26.7. The van der Waals surface area contributed by atoms with Crippen molar-refractivity contribution < 1.29 is 8.78 Å². The zero-order valence-corrected chi connectivity index (χ0v) is 12.0. The predicted molar refractivity (Wildman–Crippen MR) is 76.3 cm³/mol. The van der Waals surface area contributed by atoms with Crippen LogP contribution in [0.5, 0.6) is 0 Å². The number of halogens is 2. The van der Waals surface area contributed by atoms with Crippen LogP contribution in [0.2, 0.25) is 0 Å². The van der Waals surface area contributed by atoms with Gasteiger partial charge in [-0.2, -0.15) is 0 Å². The van der Waals surface area contributed by atoms with Gasteiger partial charge in [0, 0.05) is 6.04 Å². The molecule has 0 aliphatic heterocycles. The molecular weight excluding hydrogens is 244 g/mol. The molecule has 1 aromatic rings. The number of benzene rings is 1. The third-order valence-corrected chi connectivity index (χ3v) is 3.56. The molecule has 0 heterocycles. The molecule has 3 heteroatoms. The van der Waals surface area contributed by atoms with Gasteiger partial charge in [-0.1, -0.05) is 51.2 Å². The summed E-state index contributed by atoms with van der Waals surface area (Å²) in [6.45, 7) is 2.20. The first-order valence-electron chi connectivity index (χ1n) is 7.29. The fourth-order valence-electron chi connectivity index (χ4n) is 2.31. The van der Waals surface area contributed by atoms with Gasteiger partial charge in [-0.15, -0.1) is 0 Å². The van der Waals surface area contributed by atoms with Crippen LogP contribution in [0.15, 0.2) is 18.2 Å². The van der Waals surface area contributed by atoms with Crippen LogP contribution in [-0.2, 0) is 6.42 Å². The summed E-state index contributed by atoms with van der Waals surface area (Å²) in [6, 6.07) is 4.62. The third-order valence-electron chi connectivity index (χ3n) is 3.56. The van der Waals surface area contributed by atoms with Gasteiger partial charge in [0.2, 0.25) is 0 Å². The van der Waals surface area contributed by atoms with Crippen molar-refractivity contribution in [3.63, 3.8) is 0 Å². The number of rotatable bonds is 9. The molecule has 0 aliphatic carbocycles. The molecule has 0 aliphatic rings. The Labute approximate surface area is 115 Å². The van der Waals surface area contributed by atoms with Gasteiger partial charge in [0.25, 0.3) is 0 Å². The molecule has 0 fully saturated rings. The molecule has 1 unspecified atom stereocenters. The van der Waals surface area contributed by atoms with Crippen LogP contribution in [0.3, 0.4) is 0 Å². The van der Waals surface area contributed by atoms with E-state index >= 15 is 0 Å². The van der Waals surface area contributed by atoms with Gasteiger partial charge in [-0.25, -0.2) is 8.78 Å². The Kier molecular flexibility index (Phi) is 7.65. The van der Waals surface area contributed by atoms with Crippen LogP contribution in [0.25, 0.3) is 0 Å². The highest BCUT2D eigenvalue weighted by Gasteiger charge is 2.12. The molecule has 19 heavy (non-hydrogen) atoms. The van der Waals surface area contributed by atoms with E-state index < -0.39 is 11.6 Å². The summed E-state index contributed by atoms with van der Waals surface area (Å²) in [5.41, 5.74) is 0.466. The normalized spacial score (nSPS) is 12.6. The third kappa shape index (κ3) is 5.68. The minimum absolute atomic E-state index is 0.220. The molecule has 108 valence electrons. The molecule has 1 rings (SSSR count). The maximum atomic E-state index is 13.6. The summed E-state index contributed by atoms with van der Waals surface area (Å²) in [4.78, 5) is 0. The smallest absolute Gasteiger partial charge is 0.162 e. The minimum Gasteiger partial charge on any atom is -0.317 e. The first kappa shape index (κ1) is 16.1. The van der Waals surface area contributed by atoms with Crippen LogP contribution >= 0.6 is 0 Å². The number of likely N-dealkylation sites (N-methyl/N-ethyl adjacent to an activating group) is 1. The highest BCUT2D eigenvalue weighted by Crippen LogP contribution is 2.16. The molecule has 0 spiro atoms. The highest BCUT2D eigenvalue weighted by molar-refractivity contribution is 5.20. The topological polar surface area (TPSA) is 12.0 Å². The van der Waals surface area contributed by atoms with Crippen molar-refractivity contribution in [3.8, 4) is 0 Å². The van der Waals surface area contributed by atoms with E-state index in [-0.39, 0.29) is 6.04 Å². The van der Waals surface area contributed by atoms with E-state index in [1.165, 1.54) is 25.7 Å². The van der Waals surface area contributed by atoms with Gasteiger partial charge < -0.3 is 5.32 Å². The molecular formula is C16H25F2N. The summed E-state index contributed by atoms with van der Waals surface area (Å²) in [5, 5.41) is 3.20. The maximum absolute atomic E-state index is 13.6. The lowest BCUT2D eigenvalue weighted by atomic mass is 9.99. The fraction of sp³-hybridized carbons (Fsp3) is 0.625. The number of nitrogens with one attached hydrogen (secondary N) is 1. The number of hydrogen-bond donors (Lipinski definition) is 1. The molecule has 0 amide bonds. The maximum Gasteiger partial charge on any atom is 0.162 e. The van der Waals surface area contributed by atoms with E-state index in [4.69, 9.17) is 0 Å². The second-order valence-electron chi connectivity index (χ2n) is 5.11. The van der Waals surface area contributed by atoms with E-state index in [0.29, 0.717) is 12.0 Å². The van der Waals surface area contributed by atoms with Crippen molar-refractivity contribution in [2.75, 3.05) is 7.05 Å². The van der Waals surface area contributed by atoms with Crippen LogP contribution in [0.4, 0.5) is 8.78 Å². The van der Waals surface area contributed by atoms with Crippen LogP contribution in [-0.4, -0.2) is 13.1 Å². The lowest BCUT2D eigenvalue weighted by Gasteiger charge is -2.16. The van der Waals surface area contributed by atoms with Crippen LogP contribution in [0, 0.1) is 11.6 Å². The molecule has 0 aromatic heterocycles. The first-order chi connectivity index (χ1) is 9.19. The van der Waals surface area contributed by atoms with Gasteiger partial charge in [0.1, 0.15) is 0 Å². The number of hydrogen-bond acceptors (Lipinski definition) is 1. The van der Waals surface area contributed by atoms with Gasteiger partial charge >= 0.3 is 0 Å². The Morgan fingerprint density at radius 3 is 2.53 bits per heavy atom. The van der Waals surface area contributed by atoms with E-state index in [9.17, 15) is 8.78 Å². The quantitative estimate of drug-likeness (QED) is 0.653. The Morgan fingerprint density at radius 2 is 1.84 bits per heavy atom. The van der Waals surface area contributed by atoms with Gasteiger partial charge in [-0.05, 0) is 31.5 Å². The first-order valence-corrected chi connectivity index (χ1v) is 7.29. The molecule has 0 saturated heterocycles. The van der Waals surface area contributed by atoms with Crippen molar-refractivity contribution in [1.82, 2.24) is 5.32 Å². The van der Waals surface area contributed by atoms with Gasteiger partial charge in [0.05, 0.1) is 0 Å². The van der Waals surface area contributed by atoms with Crippen LogP contribution in [0.1, 0.15) is 51.0 Å². The SMILES string of the molecule is CCCCCCCC(Cc1cccc(F)c1F)NC. The molecule has 1 nitrogen and oxygen atoms in total.